The van der Waals surface area contributed by atoms with Gasteiger partial charge in [-0.05, 0) is 49.2 Å². The molecule has 3 rings (SSSR count). The van der Waals surface area contributed by atoms with E-state index >= 15 is 0 Å². The third-order valence-corrected chi connectivity index (χ3v) is 4.25. The van der Waals surface area contributed by atoms with Crippen molar-refractivity contribution in [3.8, 4) is 11.3 Å². The van der Waals surface area contributed by atoms with Crippen molar-refractivity contribution in [2.24, 2.45) is 0 Å². The second kappa shape index (κ2) is 7.53. The molecule has 4 nitrogen and oxygen atoms in total. The highest BCUT2D eigenvalue weighted by Gasteiger charge is 2.10. The molecule has 0 spiro atoms. The number of rotatable bonds is 5. The van der Waals surface area contributed by atoms with Crippen molar-refractivity contribution < 1.29 is 9.21 Å². The summed E-state index contributed by atoms with van der Waals surface area (Å²) in [6.45, 7) is 4.14. The van der Waals surface area contributed by atoms with E-state index in [-0.39, 0.29) is 5.91 Å². The van der Waals surface area contributed by atoms with Crippen molar-refractivity contribution in [1.29, 1.82) is 0 Å². The number of carbonyl (C=O) groups excluding carboxylic acids is 1. The van der Waals surface area contributed by atoms with Gasteiger partial charge >= 0.3 is 0 Å². The van der Waals surface area contributed by atoms with E-state index in [1.165, 1.54) is 11.1 Å². The third-order valence-electron chi connectivity index (χ3n) is 4.02. The number of anilines is 1. The van der Waals surface area contributed by atoms with E-state index in [1.54, 1.807) is 30.5 Å². The van der Waals surface area contributed by atoms with Gasteiger partial charge in [0.2, 0.25) is 5.91 Å². The fourth-order valence-corrected chi connectivity index (χ4v) is 2.65. The van der Waals surface area contributed by atoms with Gasteiger partial charge in [-0.15, -0.1) is 0 Å². The zero-order chi connectivity index (χ0) is 17.8. The van der Waals surface area contributed by atoms with Gasteiger partial charge in [0.15, 0.2) is 11.7 Å². The van der Waals surface area contributed by atoms with Crippen LogP contribution in [0.5, 0.6) is 0 Å². The second-order valence-electron chi connectivity index (χ2n) is 5.98. The van der Waals surface area contributed by atoms with E-state index in [0.29, 0.717) is 35.2 Å². The van der Waals surface area contributed by atoms with Crippen LogP contribution in [0.25, 0.3) is 11.3 Å². The largest absolute Gasteiger partial charge is 0.441 e. The summed E-state index contributed by atoms with van der Waals surface area (Å²) in [4.78, 5) is 16.3. The molecule has 0 aliphatic heterocycles. The zero-order valence-electron chi connectivity index (χ0n) is 14.2. The lowest BCUT2D eigenvalue weighted by Crippen LogP contribution is -2.12. The Morgan fingerprint density at radius 2 is 2.00 bits per heavy atom. The van der Waals surface area contributed by atoms with E-state index in [4.69, 9.17) is 16.0 Å². The van der Waals surface area contributed by atoms with E-state index < -0.39 is 0 Å². The summed E-state index contributed by atoms with van der Waals surface area (Å²) < 4.78 is 5.77. The highest BCUT2D eigenvalue weighted by Crippen LogP contribution is 2.23. The van der Waals surface area contributed by atoms with Crippen LogP contribution in [0.2, 0.25) is 5.02 Å². The molecule has 3 aromatic rings. The van der Waals surface area contributed by atoms with E-state index in [2.05, 4.69) is 36.3 Å². The molecule has 0 radical (unpaired) electrons. The number of hydrogen-bond donors (Lipinski definition) is 1. The number of oxazole rings is 1. The summed E-state index contributed by atoms with van der Waals surface area (Å²) in [5.41, 5.74) is 4.11. The fourth-order valence-electron chi connectivity index (χ4n) is 2.46. The van der Waals surface area contributed by atoms with Crippen LogP contribution in [0.1, 0.15) is 23.4 Å². The van der Waals surface area contributed by atoms with Crippen LogP contribution in [0.15, 0.2) is 53.1 Å². The van der Waals surface area contributed by atoms with Crippen molar-refractivity contribution in [3.63, 3.8) is 0 Å². The number of hydrogen-bond acceptors (Lipinski definition) is 3. The van der Waals surface area contributed by atoms with Gasteiger partial charge in [-0.3, -0.25) is 4.79 Å². The molecule has 25 heavy (non-hydrogen) atoms. The molecule has 0 bridgehead atoms. The minimum absolute atomic E-state index is 0.104. The minimum atomic E-state index is -0.104. The van der Waals surface area contributed by atoms with Crippen molar-refractivity contribution in [2.45, 2.75) is 26.7 Å². The molecule has 128 valence electrons. The van der Waals surface area contributed by atoms with Crippen LogP contribution < -0.4 is 5.32 Å². The summed E-state index contributed by atoms with van der Waals surface area (Å²) in [5, 5.41) is 3.40. The Bertz CT molecular complexity index is 902. The normalized spacial score (nSPS) is 10.7. The Labute approximate surface area is 151 Å². The molecule has 0 aliphatic rings. The highest BCUT2D eigenvalue weighted by molar-refractivity contribution is 6.30. The Hall–Kier alpha value is -2.59. The van der Waals surface area contributed by atoms with Gasteiger partial charge in [-0.1, -0.05) is 29.8 Å². The average molecular weight is 355 g/mol. The fraction of sp³-hybridized carbons (Fsp3) is 0.200. The van der Waals surface area contributed by atoms with E-state index in [0.717, 1.165) is 5.56 Å². The van der Waals surface area contributed by atoms with Crippen LogP contribution >= 0.6 is 11.6 Å². The molecular formula is C20H19ClN2O2. The standard InChI is InChI=1S/C20H19ClN2O2/c1-13-6-7-15(10-14(13)2)18-12-22-20(25-18)9-8-19(24)23-17-5-3-4-16(21)11-17/h3-7,10-12H,8-9H2,1-2H3,(H,23,24). The predicted molar refractivity (Wildman–Crippen MR) is 99.8 cm³/mol. The van der Waals surface area contributed by atoms with Gasteiger partial charge in [0, 0.05) is 29.1 Å². The molecule has 1 N–H and O–H groups in total. The van der Waals surface area contributed by atoms with Gasteiger partial charge in [-0.2, -0.15) is 0 Å². The number of aromatic nitrogens is 1. The minimum Gasteiger partial charge on any atom is -0.441 e. The summed E-state index contributed by atoms with van der Waals surface area (Å²) in [6.07, 6.45) is 2.44. The van der Waals surface area contributed by atoms with Crippen LogP contribution in [0.4, 0.5) is 5.69 Å². The van der Waals surface area contributed by atoms with Gasteiger partial charge in [0.1, 0.15) is 0 Å². The first-order chi connectivity index (χ1) is 12.0. The molecule has 1 aromatic heterocycles. The molecule has 2 aromatic carbocycles. The van der Waals surface area contributed by atoms with Gasteiger partial charge < -0.3 is 9.73 Å². The van der Waals surface area contributed by atoms with Gasteiger partial charge in [-0.25, -0.2) is 4.98 Å². The third kappa shape index (κ3) is 4.48. The Morgan fingerprint density at radius 3 is 2.76 bits per heavy atom. The lowest BCUT2D eigenvalue weighted by atomic mass is 10.1. The maximum Gasteiger partial charge on any atom is 0.224 e. The molecule has 0 saturated heterocycles. The monoisotopic (exact) mass is 354 g/mol. The van der Waals surface area contributed by atoms with Crippen molar-refractivity contribution >= 4 is 23.2 Å². The molecule has 0 aliphatic carbocycles. The van der Waals surface area contributed by atoms with Gasteiger partial charge in [0.25, 0.3) is 0 Å². The summed E-state index contributed by atoms with van der Waals surface area (Å²) in [5.74, 6) is 1.16. The van der Waals surface area contributed by atoms with Crippen LogP contribution in [0.3, 0.4) is 0 Å². The van der Waals surface area contributed by atoms with Crippen molar-refractivity contribution in [1.82, 2.24) is 4.98 Å². The SMILES string of the molecule is Cc1ccc(-c2cnc(CCC(=O)Nc3cccc(Cl)c3)o2)cc1C. The molecule has 1 amide bonds. The van der Waals surface area contributed by atoms with E-state index in [1.807, 2.05) is 6.07 Å². The van der Waals surface area contributed by atoms with Crippen molar-refractivity contribution in [2.75, 3.05) is 5.32 Å². The van der Waals surface area contributed by atoms with Crippen LogP contribution in [-0.2, 0) is 11.2 Å². The van der Waals surface area contributed by atoms with Crippen LogP contribution in [0, 0.1) is 13.8 Å². The topological polar surface area (TPSA) is 55.1 Å². The highest BCUT2D eigenvalue weighted by atomic mass is 35.5. The lowest BCUT2D eigenvalue weighted by Gasteiger charge is -2.04. The Morgan fingerprint density at radius 1 is 1.16 bits per heavy atom. The van der Waals surface area contributed by atoms with Gasteiger partial charge in [0.05, 0.1) is 6.20 Å². The molecule has 5 heteroatoms. The number of nitrogens with one attached hydrogen (secondary N) is 1. The summed E-state index contributed by atoms with van der Waals surface area (Å²) in [6, 6.07) is 13.2. The second-order valence-corrected chi connectivity index (χ2v) is 6.41. The maximum atomic E-state index is 12.0. The number of halogens is 1. The molecule has 1 heterocycles. The number of carbonyl (C=O) groups is 1. The molecule has 0 saturated carbocycles. The first kappa shape index (κ1) is 17.2. The first-order valence-electron chi connectivity index (χ1n) is 8.09. The predicted octanol–water partition coefficient (Wildman–Crippen LogP) is 5.18. The maximum absolute atomic E-state index is 12.0. The Balaban J connectivity index is 1.59. The average Bonchev–Trinajstić information content (AvgIpc) is 3.04. The smallest absolute Gasteiger partial charge is 0.224 e. The first-order valence-corrected chi connectivity index (χ1v) is 8.47. The zero-order valence-corrected chi connectivity index (χ0v) is 14.9. The molecule has 0 atom stereocenters. The van der Waals surface area contributed by atoms with Crippen molar-refractivity contribution in [3.05, 3.63) is 70.7 Å². The van der Waals surface area contributed by atoms with Crippen LogP contribution in [-0.4, -0.2) is 10.9 Å². The molecule has 0 fully saturated rings. The number of amides is 1. The number of nitrogens with zero attached hydrogens (tertiary/aromatic N) is 1. The Kier molecular flexibility index (Phi) is 5.19. The lowest BCUT2D eigenvalue weighted by molar-refractivity contribution is -0.116. The molecule has 0 unspecified atom stereocenters. The molecular weight excluding hydrogens is 336 g/mol. The number of benzene rings is 2. The quantitative estimate of drug-likeness (QED) is 0.686. The summed E-state index contributed by atoms with van der Waals surface area (Å²) >= 11 is 5.91. The number of aryl methyl sites for hydroxylation is 3. The van der Waals surface area contributed by atoms with E-state index in [9.17, 15) is 4.79 Å². The summed E-state index contributed by atoms with van der Waals surface area (Å²) in [7, 11) is 0.